The Bertz CT molecular complexity index is 525. The van der Waals surface area contributed by atoms with Crippen molar-refractivity contribution in [2.75, 3.05) is 27.4 Å². The molecule has 0 aliphatic heterocycles. The maximum atomic E-state index is 12.7. The van der Waals surface area contributed by atoms with Gasteiger partial charge in [0.25, 0.3) is 0 Å². The van der Waals surface area contributed by atoms with Gasteiger partial charge in [-0.15, -0.1) is 0 Å². The van der Waals surface area contributed by atoms with Gasteiger partial charge in [-0.2, -0.15) is 0 Å². The van der Waals surface area contributed by atoms with Crippen LogP contribution in [0.3, 0.4) is 0 Å². The number of methoxy groups -OCH3 is 2. The van der Waals surface area contributed by atoms with Gasteiger partial charge in [0.2, 0.25) is 5.75 Å². The van der Waals surface area contributed by atoms with Crippen LogP contribution in [0.4, 0.5) is 0 Å². The van der Waals surface area contributed by atoms with E-state index in [1.54, 1.807) is 13.8 Å². The number of unbranched alkanes of at least 4 members (excludes halogenated alkanes) is 3. The Morgan fingerprint density at radius 2 is 1.44 bits per heavy atom. The molecular formula is C18H31O6P. The summed E-state index contributed by atoms with van der Waals surface area (Å²) in [6.07, 6.45) is 5.62. The first-order chi connectivity index (χ1) is 12.0. The van der Waals surface area contributed by atoms with Crippen LogP contribution in [0.5, 0.6) is 17.2 Å². The molecule has 0 saturated heterocycles. The number of ether oxygens (including phenoxy) is 2. The third-order valence-electron chi connectivity index (χ3n) is 3.62. The first kappa shape index (κ1) is 21.8. The van der Waals surface area contributed by atoms with Crippen LogP contribution in [-0.4, -0.2) is 27.4 Å². The van der Waals surface area contributed by atoms with E-state index in [4.69, 9.17) is 23.0 Å². The summed E-state index contributed by atoms with van der Waals surface area (Å²) in [5.41, 5.74) is 1.08. The normalized spacial score (nSPS) is 11.4. The van der Waals surface area contributed by atoms with Gasteiger partial charge < -0.3 is 14.0 Å². The molecule has 0 N–H and O–H groups in total. The van der Waals surface area contributed by atoms with Gasteiger partial charge in [0.1, 0.15) is 0 Å². The predicted molar refractivity (Wildman–Crippen MR) is 98.9 cm³/mol. The quantitative estimate of drug-likeness (QED) is 0.341. The van der Waals surface area contributed by atoms with Gasteiger partial charge in [-0.3, -0.25) is 9.05 Å². The first-order valence-electron chi connectivity index (χ1n) is 8.87. The molecule has 6 nitrogen and oxygen atoms in total. The summed E-state index contributed by atoms with van der Waals surface area (Å²) in [7, 11) is -0.654. The van der Waals surface area contributed by atoms with E-state index in [1.807, 2.05) is 12.1 Å². The lowest BCUT2D eigenvalue weighted by molar-refractivity contribution is 0.164. The van der Waals surface area contributed by atoms with Gasteiger partial charge in [0.05, 0.1) is 27.4 Å². The smallest absolute Gasteiger partial charge is 0.493 e. The van der Waals surface area contributed by atoms with E-state index in [1.165, 1.54) is 33.5 Å². The van der Waals surface area contributed by atoms with Crippen LogP contribution in [0.2, 0.25) is 0 Å². The molecule has 0 bridgehead atoms. The lowest BCUT2D eigenvalue weighted by atomic mass is 10.1. The zero-order valence-corrected chi connectivity index (χ0v) is 16.9. The van der Waals surface area contributed by atoms with Gasteiger partial charge in [-0.25, -0.2) is 4.57 Å². The third kappa shape index (κ3) is 6.89. The monoisotopic (exact) mass is 374 g/mol. The molecule has 0 saturated carbocycles. The van der Waals surface area contributed by atoms with Gasteiger partial charge in [0, 0.05) is 0 Å². The molecule has 0 unspecified atom stereocenters. The molecule has 1 aromatic carbocycles. The lowest BCUT2D eigenvalue weighted by Crippen LogP contribution is -2.05. The average Bonchev–Trinajstić information content (AvgIpc) is 2.59. The number of rotatable bonds is 13. The van der Waals surface area contributed by atoms with Crippen molar-refractivity contribution in [1.82, 2.24) is 0 Å². The first-order valence-corrected chi connectivity index (χ1v) is 10.3. The highest BCUT2D eigenvalue weighted by molar-refractivity contribution is 7.48. The summed E-state index contributed by atoms with van der Waals surface area (Å²) in [5.74, 6) is 1.13. The molecule has 0 amide bonds. The van der Waals surface area contributed by atoms with Crippen LogP contribution in [0.1, 0.15) is 52.0 Å². The van der Waals surface area contributed by atoms with Crippen molar-refractivity contribution in [2.24, 2.45) is 0 Å². The van der Waals surface area contributed by atoms with Crippen LogP contribution >= 0.6 is 7.82 Å². The van der Waals surface area contributed by atoms with E-state index < -0.39 is 7.82 Å². The van der Waals surface area contributed by atoms with Gasteiger partial charge >= 0.3 is 7.82 Å². The predicted octanol–water partition coefficient (Wildman–Crippen LogP) is 5.39. The number of hydrogen-bond donors (Lipinski definition) is 0. The Kier molecular flexibility index (Phi) is 9.94. The molecule has 1 rings (SSSR count). The average molecular weight is 374 g/mol. The maximum absolute atomic E-state index is 12.7. The van der Waals surface area contributed by atoms with Crippen molar-refractivity contribution in [3.8, 4) is 17.2 Å². The van der Waals surface area contributed by atoms with E-state index in [0.29, 0.717) is 11.5 Å². The van der Waals surface area contributed by atoms with Crippen molar-refractivity contribution < 1.29 is 27.6 Å². The van der Waals surface area contributed by atoms with Crippen LogP contribution < -0.4 is 14.0 Å². The van der Waals surface area contributed by atoms with Crippen LogP contribution in [0.15, 0.2) is 12.1 Å². The van der Waals surface area contributed by atoms with Gasteiger partial charge in [0.15, 0.2) is 11.5 Å². The zero-order valence-electron chi connectivity index (χ0n) is 16.0. The van der Waals surface area contributed by atoms with E-state index in [0.717, 1.165) is 18.4 Å². The summed E-state index contributed by atoms with van der Waals surface area (Å²) >= 11 is 0. The van der Waals surface area contributed by atoms with Crippen molar-refractivity contribution in [3.05, 3.63) is 17.7 Å². The minimum absolute atomic E-state index is 0.206. The fourth-order valence-corrected chi connectivity index (χ4v) is 3.66. The Hall–Kier alpha value is -1.23. The van der Waals surface area contributed by atoms with Crippen LogP contribution in [0, 0.1) is 0 Å². The Morgan fingerprint density at radius 1 is 0.880 bits per heavy atom. The third-order valence-corrected chi connectivity index (χ3v) is 5.17. The second kappa shape index (κ2) is 11.4. The van der Waals surface area contributed by atoms with Gasteiger partial charge in [-0.05, 0) is 44.4 Å². The number of phosphoric ester groups is 1. The molecule has 0 aromatic heterocycles. The van der Waals surface area contributed by atoms with E-state index in [2.05, 4.69) is 6.92 Å². The molecule has 0 atom stereocenters. The molecule has 7 heteroatoms. The highest BCUT2D eigenvalue weighted by Gasteiger charge is 2.31. The number of aryl methyl sites for hydroxylation is 1. The molecule has 0 radical (unpaired) electrons. The highest BCUT2D eigenvalue weighted by Crippen LogP contribution is 2.54. The number of hydrogen-bond acceptors (Lipinski definition) is 6. The van der Waals surface area contributed by atoms with Crippen molar-refractivity contribution in [1.29, 1.82) is 0 Å². The fraction of sp³-hybridized carbons (Fsp3) is 0.667. The van der Waals surface area contributed by atoms with E-state index in [9.17, 15) is 4.57 Å². The lowest BCUT2D eigenvalue weighted by Gasteiger charge is -2.21. The Labute approximate surface area is 151 Å². The van der Waals surface area contributed by atoms with Crippen molar-refractivity contribution in [3.63, 3.8) is 0 Å². The Balaban J connectivity index is 3.06. The minimum Gasteiger partial charge on any atom is -0.493 e. The fourth-order valence-electron chi connectivity index (χ4n) is 2.44. The maximum Gasteiger partial charge on any atom is 0.530 e. The molecule has 0 aliphatic carbocycles. The topological polar surface area (TPSA) is 63.2 Å². The zero-order chi connectivity index (χ0) is 18.7. The summed E-state index contributed by atoms with van der Waals surface area (Å²) < 4.78 is 39.5. The minimum atomic E-state index is -3.73. The highest BCUT2D eigenvalue weighted by atomic mass is 31.2. The van der Waals surface area contributed by atoms with Crippen molar-refractivity contribution >= 4 is 7.82 Å². The summed E-state index contributed by atoms with van der Waals surface area (Å²) in [6, 6.07) is 3.76. The molecule has 0 spiro atoms. The van der Waals surface area contributed by atoms with Crippen LogP contribution in [-0.2, 0) is 20.0 Å². The molecular weight excluding hydrogens is 343 g/mol. The number of benzene rings is 1. The summed E-state index contributed by atoms with van der Waals surface area (Å²) in [5, 5.41) is 0. The molecule has 25 heavy (non-hydrogen) atoms. The summed E-state index contributed by atoms with van der Waals surface area (Å²) in [4.78, 5) is 0. The standard InChI is InChI=1S/C18H31O6P/c1-6-9-10-11-12-15-13-16(20-4)18(17(14-15)21-5)24-25(19,22-7-2)23-8-3/h13-14H,6-12H2,1-5H3. The second-order valence-electron chi connectivity index (χ2n) is 5.51. The van der Waals surface area contributed by atoms with Crippen molar-refractivity contribution in [2.45, 2.75) is 52.9 Å². The Morgan fingerprint density at radius 3 is 1.88 bits per heavy atom. The second-order valence-corrected chi connectivity index (χ2v) is 7.11. The van der Waals surface area contributed by atoms with Gasteiger partial charge in [-0.1, -0.05) is 26.2 Å². The van der Waals surface area contributed by atoms with E-state index >= 15 is 0 Å². The summed E-state index contributed by atoms with van der Waals surface area (Å²) in [6.45, 7) is 6.05. The molecule has 1 aromatic rings. The van der Waals surface area contributed by atoms with E-state index in [-0.39, 0.29) is 19.0 Å². The number of phosphoric acid groups is 1. The molecule has 144 valence electrons. The van der Waals surface area contributed by atoms with Crippen LogP contribution in [0.25, 0.3) is 0 Å². The largest absolute Gasteiger partial charge is 0.530 e. The molecule has 0 aliphatic rings. The molecule has 0 heterocycles. The SMILES string of the molecule is CCCCCCc1cc(OC)c(OP(=O)(OCC)OCC)c(OC)c1. The molecule has 0 fully saturated rings.